The zero-order valence-corrected chi connectivity index (χ0v) is 27.2. The molecule has 3 saturated heterocycles. The lowest BCUT2D eigenvalue weighted by molar-refractivity contribution is -0.595. The standard InChI is InChI=1S/C32H52O13/c1-6-38-11-12-40-17-28-13-18(36-4)21-23(41-10-9-33)25(34)30(15-28,27(28)43-21)45-31-16-29(42-8-3)24-22(37-5)20(32(24,35)26(29)31)19(44-31)14-39-7-2/h18-27,33-35H,6-17H2,1-5H3. The molecule has 4 aliphatic carbocycles. The Morgan fingerprint density at radius 3 is 2.36 bits per heavy atom. The monoisotopic (exact) mass is 644 g/mol. The van der Waals surface area contributed by atoms with Gasteiger partial charge in [0.1, 0.15) is 23.9 Å². The molecule has 7 fully saturated rings. The van der Waals surface area contributed by atoms with E-state index in [2.05, 4.69) is 0 Å². The lowest BCUT2D eigenvalue weighted by atomic mass is 9.26. The molecule has 13 heteroatoms. The first-order chi connectivity index (χ1) is 21.7. The Balaban J connectivity index is 1.22. The first-order valence-electron chi connectivity index (χ1n) is 16.8. The minimum atomic E-state index is -1.24. The van der Waals surface area contributed by atoms with E-state index in [1.54, 1.807) is 14.2 Å². The van der Waals surface area contributed by atoms with Gasteiger partial charge in [0, 0.05) is 57.7 Å². The third kappa shape index (κ3) is 4.20. The predicted octanol–water partition coefficient (Wildman–Crippen LogP) is 0.0420. The van der Waals surface area contributed by atoms with Crippen LogP contribution < -0.4 is 0 Å². The quantitative estimate of drug-likeness (QED) is 0.172. The summed E-state index contributed by atoms with van der Waals surface area (Å²) in [6.07, 6.45) is -2.67. The molecule has 7 rings (SSSR count). The summed E-state index contributed by atoms with van der Waals surface area (Å²) in [5.74, 6) is -2.21. The summed E-state index contributed by atoms with van der Waals surface area (Å²) in [6, 6.07) is 0. The highest BCUT2D eigenvalue weighted by atomic mass is 16.8. The maximum atomic E-state index is 12.3. The van der Waals surface area contributed by atoms with Gasteiger partial charge in [-0.1, -0.05) is 0 Å². The van der Waals surface area contributed by atoms with Crippen LogP contribution in [-0.2, 0) is 47.4 Å². The zero-order valence-electron chi connectivity index (χ0n) is 27.2. The van der Waals surface area contributed by atoms with Crippen molar-refractivity contribution in [2.24, 2.45) is 23.2 Å². The smallest absolute Gasteiger partial charge is 0.180 e. The maximum absolute atomic E-state index is 12.3. The van der Waals surface area contributed by atoms with Crippen LogP contribution in [0.15, 0.2) is 0 Å². The summed E-state index contributed by atoms with van der Waals surface area (Å²) in [6.45, 7) is 8.82. The maximum Gasteiger partial charge on any atom is 0.180 e. The van der Waals surface area contributed by atoms with Crippen molar-refractivity contribution < 1.29 is 62.7 Å². The second kappa shape index (κ2) is 11.8. The molecule has 3 N–H and O–H groups in total. The Labute approximate surface area is 265 Å². The average molecular weight is 645 g/mol. The SMILES string of the molecule is CCOCCOCC12CC(OC)C3OC1C(OC14CC5(OCC)C6C(OC)C(C(COCC)O1)C6(O)C45)(C2)C(O)C3OCCO. The van der Waals surface area contributed by atoms with E-state index < -0.39 is 64.4 Å². The normalized spacial score (nSPS) is 53.1. The number of aliphatic hydroxyl groups excluding tert-OH is 2. The van der Waals surface area contributed by atoms with Crippen molar-refractivity contribution in [3.63, 3.8) is 0 Å². The Morgan fingerprint density at radius 1 is 0.889 bits per heavy atom. The molecule has 0 aromatic rings. The zero-order chi connectivity index (χ0) is 31.8. The molecular weight excluding hydrogens is 592 g/mol. The van der Waals surface area contributed by atoms with Crippen LogP contribution >= 0.6 is 0 Å². The van der Waals surface area contributed by atoms with E-state index in [1.807, 2.05) is 20.8 Å². The van der Waals surface area contributed by atoms with Gasteiger partial charge in [0.2, 0.25) is 0 Å². The van der Waals surface area contributed by atoms with Gasteiger partial charge < -0.3 is 62.7 Å². The number of hydrogen-bond donors (Lipinski definition) is 3. The summed E-state index contributed by atoms with van der Waals surface area (Å²) < 4.78 is 62.6. The van der Waals surface area contributed by atoms with Gasteiger partial charge >= 0.3 is 0 Å². The van der Waals surface area contributed by atoms with Crippen LogP contribution in [0.3, 0.4) is 0 Å². The third-order valence-electron chi connectivity index (χ3n) is 12.1. The molecule has 3 aliphatic heterocycles. The van der Waals surface area contributed by atoms with Crippen molar-refractivity contribution in [3.05, 3.63) is 0 Å². The van der Waals surface area contributed by atoms with Crippen molar-refractivity contribution in [3.8, 4) is 0 Å². The molecule has 0 aromatic carbocycles. The topological polar surface area (TPSA) is 153 Å². The average Bonchev–Trinajstić information content (AvgIpc) is 2.99. The molecule has 15 atom stereocenters. The fourth-order valence-corrected chi connectivity index (χ4v) is 11.0. The molecule has 13 nitrogen and oxygen atoms in total. The molecule has 0 spiro atoms. The van der Waals surface area contributed by atoms with Crippen molar-refractivity contribution >= 4 is 0 Å². The number of ether oxygens (including phenoxy) is 10. The fourth-order valence-electron chi connectivity index (χ4n) is 11.0. The van der Waals surface area contributed by atoms with E-state index in [-0.39, 0.29) is 43.9 Å². The Hall–Kier alpha value is -0.520. The van der Waals surface area contributed by atoms with Crippen LogP contribution in [0.5, 0.6) is 0 Å². The molecule has 4 saturated carbocycles. The van der Waals surface area contributed by atoms with Crippen molar-refractivity contribution in [1.82, 2.24) is 0 Å². The fraction of sp³-hybridized carbons (Fsp3) is 1.00. The summed E-state index contributed by atoms with van der Waals surface area (Å²) in [4.78, 5) is 0. The van der Waals surface area contributed by atoms with Gasteiger partial charge in [0.25, 0.3) is 0 Å². The summed E-state index contributed by atoms with van der Waals surface area (Å²) in [7, 11) is 3.31. The van der Waals surface area contributed by atoms with E-state index in [0.717, 1.165) is 0 Å². The van der Waals surface area contributed by atoms with Crippen LogP contribution in [0.4, 0.5) is 0 Å². The van der Waals surface area contributed by atoms with Crippen LogP contribution in [-0.4, -0.2) is 154 Å². The van der Waals surface area contributed by atoms with Crippen LogP contribution in [0.25, 0.3) is 0 Å². The second-order valence-corrected chi connectivity index (χ2v) is 14.0. The Morgan fingerprint density at radius 2 is 1.67 bits per heavy atom. The van der Waals surface area contributed by atoms with Crippen molar-refractivity contribution in [1.29, 1.82) is 0 Å². The number of aliphatic hydroxyl groups is 3. The summed E-state index contributed by atoms with van der Waals surface area (Å²) >= 11 is 0. The van der Waals surface area contributed by atoms with Gasteiger partial charge in [-0.25, -0.2) is 0 Å². The Bertz CT molecular complexity index is 1080. The van der Waals surface area contributed by atoms with Gasteiger partial charge in [-0.15, -0.1) is 0 Å². The van der Waals surface area contributed by atoms with Crippen LogP contribution in [0, 0.1) is 23.2 Å². The molecule has 0 amide bonds. The van der Waals surface area contributed by atoms with Gasteiger partial charge in [-0.3, -0.25) is 0 Å². The van der Waals surface area contributed by atoms with Gasteiger partial charge in [0.15, 0.2) is 5.79 Å². The number of methoxy groups -OCH3 is 2. The molecule has 0 radical (unpaired) electrons. The number of fused-ring (bicyclic) bond motifs is 2. The Kier molecular flexibility index (Phi) is 8.67. The highest BCUT2D eigenvalue weighted by Crippen LogP contribution is 2.83. The van der Waals surface area contributed by atoms with Gasteiger partial charge in [-0.05, 0) is 33.6 Å². The lowest BCUT2D eigenvalue weighted by Crippen LogP contribution is -3.03. The third-order valence-corrected chi connectivity index (χ3v) is 12.1. The van der Waals surface area contributed by atoms with Gasteiger partial charge in [0.05, 0.1) is 81.2 Å². The molecular formula is C32H52O13. The molecule has 15 unspecified atom stereocenters. The van der Waals surface area contributed by atoms with E-state index >= 15 is 0 Å². The minimum Gasteiger partial charge on any atom is -0.394 e. The van der Waals surface area contributed by atoms with Crippen molar-refractivity contribution in [2.75, 3.05) is 73.7 Å². The van der Waals surface area contributed by atoms with Crippen LogP contribution in [0.2, 0.25) is 0 Å². The summed E-state index contributed by atoms with van der Waals surface area (Å²) in [5, 5.41) is 34.2. The molecule has 7 aliphatic rings. The van der Waals surface area contributed by atoms with Crippen molar-refractivity contribution in [2.45, 2.75) is 105 Å². The molecule has 2 bridgehead atoms. The first-order valence-corrected chi connectivity index (χ1v) is 16.8. The van der Waals surface area contributed by atoms with Gasteiger partial charge in [-0.2, -0.15) is 0 Å². The first kappa shape index (κ1) is 33.0. The largest absolute Gasteiger partial charge is 0.394 e. The van der Waals surface area contributed by atoms with E-state index in [9.17, 15) is 15.3 Å². The summed E-state index contributed by atoms with van der Waals surface area (Å²) in [5.41, 5.74) is -3.47. The second-order valence-electron chi connectivity index (χ2n) is 14.0. The van der Waals surface area contributed by atoms with E-state index in [4.69, 9.17) is 47.4 Å². The predicted molar refractivity (Wildman–Crippen MR) is 154 cm³/mol. The molecule has 0 aromatic heterocycles. The minimum absolute atomic E-state index is 0.0279. The molecule has 258 valence electrons. The molecule has 45 heavy (non-hydrogen) atoms. The van der Waals surface area contributed by atoms with Crippen LogP contribution in [0.1, 0.15) is 40.0 Å². The van der Waals surface area contributed by atoms with E-state index in [0.29, 0.717) is 58.9 Å². The highest BCUT2D eigenvalue weighted by Gasteiger charge is 2.98. The number of rotatable bonds is 18. The van der Waals surface area contributed by atoms with E-state index in [1.165, 1.54) is 0 Å². The lowest BCUT2D eigenvalue weighted by Gasteiger charge is -2.89. The molecule has 3 heterocycles. The number of hydrogen-bond acceptors (Lipinski definition) is 13. The highest BCUT2D eigenvalue weighted by molar-refractivity contribution is 5.43.